The van der Waals surface area contributed by atoms with E-state index in [1.54, 1.807) is 18.5 Å². The Hall–Kier alpha value is -4.44. The van der Waals surface area contributed by atoms with Gasteiger partial charge in [-0.25, -0.2) is 14.3 Å². The third-order valence-corrected chi connectivity index (χ3v) is 5.66. The molecule has 156 valence electrons. The maximum Gasteiger partial charge on any atom is 0.424 e. The van der Waals surface area contributed by atoms with Gasteiger partial charge in [0, 0.05) is 17.1 Å². The topological polar surface area (TPSA) is 111 Å². The number of hydrogen-bond donors (Lipinski definition) is 1. The SMILES string of the molecule is CC(C)(C#N)c1ccc(-n2c(=O)oc3cnc4ccc(-c5ccc(N)nc5)cc4c32)cc1. The minimum atomic E-state index is -0.624. The molecule has 0 amide bonds. The smallest absolute Gasteiger partial charge is 0.406 e. The molecule has 0 spiro atoms. The second kappa shape index (κ2) is 7.06. The summed E-state index contributed by atoms with van der Waals surface area (Å²) in [4.78, 5) is 21.4. The highest BCUT2D eigenvalue weighted by Gasteiger charge is 2.21. The highest BCUT2D eigenvalue weighted by molar-refractivity contribution is 6.03. The molecule has 0 unspecified atom stereocenters. The van der Waals surface area contributed by atoms with Crippen LogP contribution >= 0.6 is 0 Å². The molecule has 2 N–H and O–H groups in total. The predicted octanol–water partition coefficient (Wildman–Crippen LogP) is 4.58. The first-order valence-corrected chi connectivity index (χ1v) is 10.1. The molecule has 0 aliphatic rings. The minimum Gasteiger partial charge on any atom is -0.406 e. The van der Waals surface area contributed by atoms with Crippen molar-refractivity contribution in [2.75, 3.05) is 5.73 Å². The molecule has 0 saturated carbocycles. The zero-order valence-electron chi connectivity index (χ0n) is 17.5. The van der Waals surface area contributed by atoms with E-state index in [0.29, 0.717) is 22.6 Å². The molecule has 0 aliphatic carbocycles. The van der Waals surface area contributed by atoms with Gasteiger partial charge in [0.25, 0.3) is 0 Å². The third-order valence-electron chi connectivity index (χ3n) is 5.66. The van der Waals surface area contributed by atoms with Crippen LogP contribution in [0.25, 0.3) is 38.8 Å². The van der Waals surface area contributed by atoms with E-state index in [2.05, 4.69) is 16.0 Å². The molecule has 2 aromatic carbocycles. The van der Waals surface area contributed by atoms with Crippen LogP contribution in [0.2, 0.25) is 0 Å². The lowest BCUT2D eigenvalue weighted by molar-refractivity contribution is 0.539. The number of hydrogen-bond acceptors (Lipinski definition) is 6. The van der Waals surface area contributed by atoms with Crippen LogP contribution in [-0.4, -0.2) is 14.5 Å². The number of nitrogens with zero attached hydrogens (tertiary/aromatic N) is 4. The Kier molecular flexibility index (Phi) is 4.31. The Bertz CT molecular complexity index is 1570. The lowest BCUT2D eigenvalue weighted by atomic mass is 9.86. The summed E-state index contributed by atoms with van der Waals surface area (Å²) in [5, 5.41) is 10.2. The molecule has 32 heavy (non-hydrogen) atoms. The van der Waals surface area contributed by atoms with Crippen molar-refractivity contribution < 1.29 is 4.42 Å². The van der Waals surface area contributed by atoms with Crippen molar-refractivity contribution in [2.45, 2.75) is 19.3 Å². The van der Waals surface area contributed by atoms with Crippen molar-refractivity contribution >= 4 is 27.8 Å². The van der Waals surface area contributed by atoms with Crippen LogP contribution in [0, 0.1) is 11.3 Å². The maximum absolute atomic E-state index is 12.8. The number of oxazole rings is 1. The van der Waals surface area contributed by atoms with Gasteiger partial charge in [-0.05, 0) is 61.4 Å². The highest BCUT2D eigenvalue weighted by Crippen LogP contribution is 2.30. The number of aromatic nitrogens is 3. The third kappa shape index (κ3) is 3.10. The standard InChI is InChI=1S/C25H19N5O2/c1-25(2,14-26)17-5-7-18(8-6-17)30-23-19-11-15(16-4-10-22(27)29-12-16)3-9-20(19)28-13-21(23)32-24(30)31/h3-13H,1-2H3,(H2,27,29). The largest absolute Gasteiger partial charge is 0.424 e. The van der Waals surface area contributed by atoms with Gasteiger partial charge in [0.05, 0.1) is 28.9 Å². The zero-order valence-corrected chi connectivity index (χ0v) is 17.5. The predicted molar refractivity (Wildman–Crippen MR) is 123 cm³/mol. The summed E-state index contributed by atoms with van der Waals surface area (Å²) in [7, 11) is 0. The lowest BCUT2D eigenvalue weighted by Crippen LogP contribution is -2.15. The van der Waals surface area contributed by atoms with Gasteiger partial charge in [-0.1, -0.05) is 18.2 Å². The van der Waals surface area contributed by atoms with Crippen molar-refractivity contribution in [1.29, 1.82) is 5.26 Å². The highest BCUT2D eigenvalue weighted by atomic mass is 16.4. The summed E-state index contributed by atoms with van der Waals surface area (Å²) in [5.41, 5.74) is 10.2. The first kappa shape index (κ1) is 19.5. The summed E-state index contributed by atoms with van der Waals surface area (Å²) in [6.07, 6.45) is 3.27. The van der Waals surface area contributed by atoms with E-state index in [-0.39, 0.29) is 0 Å². The van der Waals surface area contributed by atoms with Gasteiger partial charge in [-0.3, -0.25) is 4.98 Å². The van der Waals surface area contributed by atoms with E-state index in [0.717, 1.165) is 27.6 Å². The van der Waals surface area contributed by atoms with Crippen LogP contribution < -0.4 is 11.5 Å². The fourth-order valence-corrected chi connectivity index (χ4v) is 3.78. The van der Waals surface area contributed by atoms with E-state index in [9.17, 15) is 10.1 Å². The fourth-order valence-electron chi connectivity index (χ4n) is 3.78. The van der Waals surface area contributed by atoms with Crippen LogP contribution in [-0.2, 0) is 5.41 Å². The Morgan fingerprint density at radius 1 is 1.00 bits per heavy atom. The van der Waals surface area contributed by atoms with Gasteiger partial charge in [-0.2, -0.15) is 5.26 Å². The molecule has 3 heterocycles. The summed E-state index contributed by atoms with van der Waals surface area (Å²) in [6, 6.07) is 19.1. The van der Waals surface area contributed by atoms with E-state index < -0.39 is 11.2 Å². The molecule has 0 atom stereocenters. The number of nitriles is 1. The van der Waals surface area contributed by atoms with Crippen molar-refractivity contribution in [2.24, 2.45) is 0 Å². The number of fused-ring (bicyclic) bond motifs is 3. The number of rotatable bonds is 3. The van der Waals surface area contributed by atoms with Gasteiger partial charge in [-0.15, -0.1) is 0 Å². The van der Waals surface area contributed by atoms with E-state index in [4.69, 9.17) is 10.2 Å². The monoisotopic (exact) mass is 421 g/mol. The first-order valence-electron chi connectivity index (χ1n) is 10.1. The molecular formula is C25H19N5O2. The Labute approximate surface area is 183 Å². The summed E-state index contributed by atoms with van der Waals surface area (Å²) >= 11 is 0. The average molecular weight is 421 g/mol. The van der Waals surface area contributed by atoms with Crippen LogP contribution in [0.3, 0.4) is 0 Å². The summed E-state index contributed by atoms with van der Waals surface area (Å²) in [5.74, 6) is -0.0496. The average Bonchev–Trinajstić information content (AvgIpc) is 3.15. The Balaban J connectivity index is 1.74. The molecule has 7 heteroatoms. The van der Waals surface area contributed by atoms with Crippen molar-refractivity contribution in [3.8, 4) is 22.9 Å². The molecule has 0 radical (unpaired) electrons. The van der Waals surface area contributed by atoms with Crippen molar-refractivity contribution in [3.05, 3.63) is 83.1 Å². The van der Waals surface area contributed by atoms with E-state index in [1.807, 2.05) is 62.4 Å². The number of pyridine rings is 2. The van der Waals surface area contributed by atoms with Crippen LogP contribution in [0.5, 0.6) is 0 Å². The number of nitrogens with two attached hydrogens (primary N) is 1. The summed E-state index contributed by atoms with van der Waals surface area (Å²) in [6.45, 7) is 3.71. The molecular weight excluding hydrogens is 402 g/mol. The van der Waals surface area contributed by atoms with E-state index in [1.165, 1.54) is 4.57 Å². The number of benzene rings is 2. The van der Waals surface area contributed by atoms with Gasteiger partial charge in [0.1, 0.15) is 11.3 Å². The van der Waals surface area contributed by atoms with Crippen molar-refractivity contribution in [3.63, 3.8) is 0 Å². The maximum atomic E-state index is 12.8. The molecule has 5 rings (SSSR count). The summed E-state index contributed by atoms with van der Waals surface area (Å²) < 4.78 is 7.04. The van der Waals surface area contributed by atoms with Crippen LogP contribution in [0.4, 0.5) is 5.82 Å². The molecule has 7 nitrogen and oxygen atoms in total. The van der Waals surface area contributed by atoms with Gasteiger partial charge >= 0.3 is 5.76 Å². The molecule has 3 aromatic heterocycles. The van der Waals surface area contributed by atoms with Gasteiger partial charge in [0.15, 0.2) is 5.58 Å². The van der Waals surface area contributed by atoms with Gasteiger partial charge in [0.2, 0.25) is 0 Å². The molecule has 0 bridgehead atoms. The second-order valence-corrected chi connectivity index (χ2v) is 8.16. The molecule has 5 aromatic rings. The lowest BCUT2D eigenvalue weighted by Gasteiger charge is -2.16. The normalized spacial score (nSPS) is 11.7. The van der Waals surface area contributed by atoms with Gasteiger partial charge < -0.3 is 10.2 Å². The molecule has 0 aliphatic heterocycles. The van der Waals surface area contributed by atoms with Crippen molar-refractivity contribution in [1.82, 2.24) is 14.5 Å². The first-order chi connectivity index (χ1) is 15.4. The Morgan fingerprint density at radius 3 is 2.44 bits per heavy atom. The Morgan fingerprint density at radius 2 is 1.75 bits per heavy atom. The molecule has 0 fully saturated rings. The quantitative estimate of drug-likeness (QED) is 0.457. The van der Waals surface area contributed by atoms with E-state index >= 15 is 0 Å². The number of anilines is 1. The van der Waals surface area contributed by atoms with Crippen LogP contribution in [0.15, 0.2) is 76.2 Å². The second-order valence-electron chi connectivity index (χ2n) is 8.16. The van der Waals surface area contributed by atoms with Crippen LogP contribution in [0.1, 0.15) is 19.4 Å². The zero-order chi connectivity index (χ0) is 22.5. The fraction of sp³-hybridized carbons (Fsp3) is 0.120. The minimum absolute atomic E-state index is 0.400. The number of nitrogen functional groups attached to an aromatic ring is 1. The molecule has 0 saturated heterocycles.